The van der Waals surface area contributed by atoms with Crippen molar-refractivity contribution < 1.29 is 78.7 Å². The highest BCUT2D eigenvalue weighted by Gasteiger charge is 2.69. The highest BCUT2D eigenvalue weighted by molar-refractivity contribution is 5.15. The van der Waals surface area contributed by atoms with Crippen molar-refractivity contribution in [2.75, 3.05) is 13.2 Å². The van der Waals surface area contributed by atoms with Gasteiger partial charge >= 0.3 is 0 Å². The van der Waals surface area contributed by atoms with Crippen molar-refractivity contribution in [1.29, 1.82) is 0 Å². The number of hydrogen-bond acceptors (Lipinski definition) is 16. The molecule has 27 atom stereocenters. The molecule has 0 amide bonds. The molecule has 0 aromatic heterocycles. The lowest BCUT2D eigenvalue weighted by Gasteiger charge is -2.61. The van der Waals surface area contributed by atoms with E-state index in [0.717, 1.165) is 58.0 Å². The van der Waals surface area contributed by atoms with Crippen molar-refractivity contribution in [2.24, 2.45) is 52.3 Å². The fourth-order valence-electron chi connectivity index (χ4n) is 14.8. The fraction of sp³-hybridized carbons (Fsp3) is 1.00. The van der Waals surface area contributed by atoms with E-state index in [1.165, 1.54) is 33.1 Å². The average molecular weight is 885 g/mol. The standard InChI is InChI=1S/C46H76O16/c1-20-8-7-13-46(55-19-20)21(2)31-29(62-46)17-28-26-10-9-24-16-25(11-14-44(24,5)27(26)12-15-45(28,31)6)58-43-40(61-42-37(53)35(51)33(49)23(4)57-42)38(54)39(30(18-47)59-43)60-41-36(52)34(50)32(48)22(3)56-41/h20-43,47-54H,7-19H2,1-6H3/t20-,21?,22+,23-,24?,25-,26?,27?,28?,29?,30+,31?,32+,33-,34-,35+,36+,37+,38-,39+,40+,41+,42-,43?,44-,45-,46+/m0/s1. The molecule has 16 nitrogen and oxygen atoms in total. The van der Waals surface area contributed by atoms with Gasteiger partial charge in [-0.1, -0.05) is 27.7 Å². The minimum atomic E-state index is -1.70. The molecule has 356 valence electrons. The van der Waals surface area contributed by atoms with E-state index in [9.17, 15) is 40.9 Å². The molecule has 62 heavy (non-hydrogen) atoms. The van der Waals surface area contributed by atoms with Gasteiger partial charge in [-0.3, -0.25) is 0 Å². The highest BCUT2D eigenvalue weighted by atomic mass is 16.8. The third-order valence-corrected chi connectivity index (χ3v) is 18.4. The van der Waals surface area contributed by atoms with Gasteiger partial charge in [-0.25, -0.2) is 0 Å². The number of ether oxygens (including phenoxy) is 8. The molecule has 0 aromatic rings. The largest absolute Gasteiger partial charge is 0.394 e. The first kappa shape index (κ1) is 46.5. The number of hydrogen-bond donors (Lipinski definition) is 8. The van der Waals surface area contributed by atoms with Gasteiger partial charge in [-0.2, -0.15) is 0 Å². The second-order valence-corrected chi connectivity index (χ2v) is 21.8. The van der Waals surface area contributed by atoms with Crippen LogP contribution < -0.4 is 0 Å². The maximum absolute atomic E-state index is 12.0. The van der Waals surface area contributed by atoms with Crippen molar-refractivity contribution in [3.05, 3.63) is 0 Å². The van der Waals surface area contributed by atoms with E-state index in [-0.39, 0.29) is 23.0 Å². The first-order chi connectivity index (χ1) is 29.4. The number of fused-ring (bicyclic) bond motifs is 7. The zero-order chi connectivity index (χ0) is 44.2. The molecule has 9 fully saturated rings. The number of aliphatic hydroxyl groups excluding tert-OH is 8. The van der Waals surface area contributed by atoms with Crippen molar-refractivity contribution in [3.63, 3.8) is 0 Å². The van der Waals surface area contributed by atoms with Gasteiger partial charge in [0.2, 0.25) is 0 Å². The van der Waals surface area contributed by atoms with E-state index >= 15 is 0 Å². The zero-order valence-electron chi connectivity index (χ0n) is 37.4. The van der Waals surface area contributed by atoms with Crippen molar-refractivity contribution in [1.82, 2.24) is 0 Å². The van der Waals surface area contributed by atoms with E-state index in [4.69, 9.17) is 37.9 Å². The van der Waals surface area contributed by atoms with E-state index in [1.54, 1.807) is 0 Å². The van der Waals surface area contributed by atoms with Gasteiger partial charge in [0.1, 0.15) is 61.0 Å². The Kier molecular flexibility index (Phi) is 13.1. The molecule has 4 aliphatic carbocycles. The molecule has 5 aliphatic heterocycles. The summed E-state index contributed by atoms with van der Waals surface area (Å²) in [4.78, 5) is 0. The van der Waals surface area contributed by atoms with Crippen molar-refractivity contribution in [3.8, 4) is 0 Å². The molecule has 5 heterocycles. The molecular weight excluding hydrogens is 808 g/mol. The molecule has 16 heteroatoms. The lowest BCUT2D eigenvalue weighted by atomic mass is 9.44. The monoisotopic (exact) mass is 885 g/mol. The molecule has 9 aliphatic rings. The molecule has 0 radical (unpaired) electrons. The molecule has 8 unspecified atom stereocenters. The molecule has 5 saturated heterocycles. The summed E-state index contributed by atoms with van der Waals surface area (Å²) in [5.74, 6) is 3.23. The topological polar surface area (TPSA) is 236 Å². The summed E-state index contributed by atoms with van der Waals surface area (Å²) in [6.45, 7) is 12.9. The van der Waals surface area contributed by atoms with Gasteiger partial charge in [0.15, 0.2) is 24.7 Å². The Hall–Kier alpha value is -0.640. The van der Waals surface area contributed by atoms with Gasteiger partial charge in [0.05, 0.1) is 37.6 Å². The van der Waals surface area contributed by atoms with Crippen LogP contribution in [-0.2, 0) is 37.9 Å². The van der Waals surface area contributed by atoms with Gasteiger partial charge in [0, 0.05) is 12.3 Å². The van der Waals surface area contributed by atoms with E-state index in [2.05, 4.69) is 27.7 Å². The van der Waals surface area contributed by atoms with Crippen molar-refractivity contribution in [2.45, 2.75) is 222 Å². The minimum absolute atomic E-state index is 0.120. The van der Waals surface area contributed by atoms with E-state index in [0.29, 0.717) is 41.4 Å². The fourth-order valence-corrected chi connectivity index (χ4v) is 14.8. The van der Waals surface area contributed by atoms with Crippen molar-refractivity contribution >= 4 is 0 Å². The van der Waals surface area contributed by atoms with Crippen LogP contribution >= 0.6 is 0 Å². The quantitative estimate of drug-likeness (QED) is 0.170. The van der Waals surface area contributed by atoms with Crippen LogP contribution in [0.15, 0.2) is 0 Å². The Labute approximate surface area is 365 Å². The maximum Gasteiger partial charge on any atom is 0.187 e. The summed E-state index contributed by atoms with van der Waals surface area (Å²) in [7, 11) is 0. The average Bonchev–Trinajstić information content (AvgIpc) is 3.61. The first-order valence-electron chi connectivity index (χ1n) is 24.0. The second kappa shape index (κ2) is 17.5. The van der Waals surface area contributed by atoms with Crippen LogP contribution in [0, 0.1) is 52.3 Å². The van der Waals surface area contributed by atoms with Crippen LogP contribution in [0.4, 0.5) is 0 Å². The van der Waals surface area contributed by atoms with E-state index in [1.807, 2.05) is 0 Å². The molecule has 8 N–H and O–H groups in total. The minimum Gasteiger partial charge on any atom is -0.394 e. The zero-order valence-corrected chi connectivity index (χ0v) is 37.4. The first-order valence-corrected chi connectivity index (χ1v) is 24.0. The Morgan fingerprint density at radius 2 is 1.24 bits per heavy atom. The smallest absolute Gasteiger partial charge is 0.187 e. The lowest BCUT2D eigenvalue weighted by Crippen LogP contribution is -2.66. The van der Waals surface area contributed by atoms with Crippen LogP contribution in [0.3, 0.4) is 0 Å². The Balaban J connectivity index is 0.896. The molecular formula is C46H76O16. The van der Waals surface area contributed by atoms with Gasteiger partial charge in [-0.15, -0.1) is 0 Å². The van der Waals surface area contributed by atoms with Crippen LogP contribution in [0.2, 0.25) is 0 Å². The normalized spacial score (nSPS) is 59.1. The summed E-state index contributed by atoms with van der Waals surface area (Å²) < 4.78 is 50.5. The molecule has 1 spiro atoms. The third kappa shape index (κ3) is 7.67. The molecule has 0 aromatic carbocycles. The van der Waals surface area contributed by atoms with Crippen LogP contribution in [-0.4, -0.2) is 164 Å². The van der Waals surface area contributed by atoms with Crippen LogP contribution in [0.5, 0.6) is 0 Å². The second-order valence-electron chi connectivity index (χ2n) is 21.8. The SMILES string of the molecule is CC1C2C(CC3C4CCC5C[C@@H](OC6O[C@H](CO)[C@@H](O[C@H]7O[C@H](C)[C@@H](O)[C@H](O)[C@H]7O)[C@H](O)[C@H]6O[C@@H]6O[C@@H](C)[C@H](O)[C@@H](O)[C@H]6O)CC[C@]5(C)C4CC[C@@]32C)O[C@]12CCC[C@H](C)CO2. The predicted octanol–water partition coefficient (Wildman–Crippen LogP) is 1.71. The maximum atomic E-state index is 12.0. The molecule has 4 saturated carbocycles. The van der Waals surface area contributed by atoms with E-state index < -0.39 is 105 Å². The molecule has 0 bridgehead atoms. The predicted molar refractivity (Wildman–Crippen MR) is 217 cm³/mol. The Bertz CT molecular complexity index is 1560. The third-order valence-electron chi connectivity index (χ3n) is 18.4. The lowest BCUT2D eigenvalue weighted by molar-refractivity contribution is -0.389. The summed E-state index contributed by atoms with van der Waals surface area (Å²) in [5.41, 5.74) is 0.343. The summed E-state index contributed by atoms with van der Waals surface area (Å²) in [6, 6.07) is 0. The Morgan fingerprint density at radius 3 is 1.90 bits per heavy atom. The van der Waals surface area contributed by atoms with Gasteiger partial charge in [-0.05, 0) is 124 Å². The van der Waals surface area contributed by atoms with Crippen LogP contribution in [0.1, 0.15) is 112 Å². The summed E-state index contributed by atoms with van der Waals surface area (Å²) in [6.07, 6.45) is -9.77. The summed E-state index contributed by atoms with van der Waals surface area (Å²) in [5, 5.41) is 86.0. The highest BCUT2D eigenvalue weighted by Crippen LogP contribution is 2.71. The number of rotatable bonds is 7. The van der Waals surface area contributed by atoms with Gasteiger partial charge < -0.3 is 78.7 Å². The summed E-state index contributed by atoms with van der Waals surface area (Å²) >= 11 is 0. The Morgan fingerprint density at radius 1 is 0.597 bits per heavy atom. The van der Waals surface area contributed by atoms with Gasteiger partial charge in [0.25, 0.3) is 0 Å². The number of aliphatic hydroxyl groups is 8. The van der Waals surface area contributed by atoms with Crippen LogP contribution in [0.25, 0.3) is 0 Å². The molecule has 9 rings (SSSR count).